The Morgan fingerprint density at radius 1 is 1.21 bits per heavy atom. The number of thiazole rings is 1. The number of aromatic nitrogens is 3. The molecule has 28 heavy (non-hydrogen) atoms. The van der Waals surface area contributed by atoms with Crippen LogP contribution in [0, 0.1) is 13.8 Å². The third-order valence-electron chi connectivity index (χ3n) is 4.27. The number of thioether (sulfide) groups is 1. The van der Waals surface area contributed by atoms with Crippen LogP contribution in [0.2, 0.25) is 0 Å². The standard InChI is InChI=1S/C19H21N5O2S2/c1-11-13(12(2)22-18(21-11)27-10-16(20)25)8-9-17(26)23-19-24(3)14-6-4-5-7-15(14)28-19/h4-7H,8-10H2,1-3H3,(H2,20,25). The second-order valence-electron chi connectivity index (χ2n) is 6.33. The highest BCUT2D eigenvalue weighted by molar-refractivity contribution is 7.99. The lowest BCUT2D eigenvalue weighted by Gasteiger charge is -2.09. The Labute approximate surface area is 170 Å². The van der Waals surface area contributed by atoms with Gasteiger partial charge < -0.3 is 10.3 Å². The van der Waals surface area contributed by atoms with Crippen molar-refractivity contribution in [3.8, 4) is 0 Å². The van der Waals surface area contributed by atoms with Gasteiger partial charge in [-0.05, 0) is 38.0 Å². The van der Waals surface area contributed by atoms with Crippen LogP contribution in [0.15, 0.2) is 34.4 Å². The van der Waals surface area contributed by atoms with E-state index >= 15 is 0 Å². The Morgan fingerprint density at radius 3 is 2.54 bits per heavy atom. The second kappa shape index (κ2) is 8.66. The largest absolute Gasteiger partial charge is 0.369 e. The van der Waals surface area contributed by atoms with Crippen LogP contribution in [0.25, 0.3) is 10.2 Å². The first-order valence-corrected chi connectivity index (χ1v) is 10.5. The molecule has 0 aliphatic heterocycles. The van der Waals surface area contributed by atoms with Gasteiger partial charge in [0, 0.05) is 24.9 Å². The molecular formula is C19H21N5O2S2. The molecule has 2 aromatic heterocycles. The number of nitrogens with zero attached hydrogens (tertiary/aromatic N) is 4. The van der Waals surface area contributed by atoms with Crippen molar-refractivity contribution in [1.82, 2.24) is 14.5 Å². The molecule has 2 N–H and O–H groups in total. The first kappa shape index (κ1) is 20.2. The van der Waals surface area contributed by atoms with E-state index in [9.17, 15) is 9.59 Å². The maximum atomic E-state index is 12.4. The monoisotopic (exact) mass is 415 g/mol. The van der Waals surface area contributed by atoms with Crippen LogP contribution in [0.3, 0.4) is 0 Å². The average molecular weight is 416 g/mol. The summed E-state index contributed by atoms with van der Waals surface area (Å²) in [4.78, 5) is 37.1. The number of carbonyl (C=O) groups excluding carboxylic acids is 2. The number of rotatable bonds is 6. The van der Waals surface area contributed by atoms with Gasteiger partial charge in [0.15, 0.2) is 9.96 Å². The van der Waals surface area contributed by atoms with Crippen LogP contribution in [0.4, 0.5) is 0 Å². The van der Waals surface area contributed by atoms with Crippen LogP contribution in [-0.4, -0.2) is 32.1 Å². The van der Waals surface area contributed by atoms with Gasteiger partial charge in [0.05, 0.1) is 16.0 Å². The minimum Gasteiger partial charge on any atom is -0.369 e. The van der Waals surface area contributed by atoms with Crippen molar-refractivity contribution in [1.29, 1.82) is 0 Å². The number of aryl methyl sites for hydroxylation is 3. The SMILES string of the molecule is Cc1nc(SCC(N)=O)nc(C)c1CCC(=O)N=c1sc2ccccc2n1C. The van der Waals surface area contributed by atoms with Gasteiger partial charge in [-0.3, -0.25) is 9.59 Å². The van der Waals surface area contributed by atoms with Crippen molar-refractivity contribution < 1.29 is 9.59 Å². The summed E-state index contributed by atoms with van der Waals surface area (Å²) in [5.74, 6) is -0.440. The van der Waals surface area contributed by atoms with Gasteiger partial charge >= 0.3 is 0 Å². The lowest BCUT2D eigenvalue weighted by Crippen LogP contribution is -2.14. The van der Waals surface area contributed by atoms with Crippen molar-refractivity contribution >= 4 is 45.1 Å². The number of carbonyl (C=O) groups is 2. The minimum absolute atomic E-state index is 0.141. The topological polar surface area (TPSA) is 103 Å². The normalized spacial score (nSPS) is 11.9. The molecule has 146 valence electrons. The van der Waals surface area contributed by atoms with Crippen LogP contribution in [-0.2, 0) is 23.1 Å². The molecule has 2 heterocycles. The van der Waals surface area contributed by atoms with Gasteiger partial charge in [0.1, 0.15) is 0 Å². The molecule has 7 nitrogen and oxygen atoms in total. The molecule has 0 radical (unpaired) electrons. The number of nitrogens with two attached hydrogens (primary N) is 1. The molecule has 0 bridgehead atoms. The summed E-state index contributed by atoms with van der Waals surface area (Å²) in [5, 5.41) is 0.519. The molecular weight excluding hydrogens is 394 g/mol. The van der Waals surface area contributed by atoms with Crippen LogP contribution < -0.4 is 10.5 Å². The lowest BCUT2D eigenvalue weighted by atomic mass is 10.1. The third-order valence-corrected chi connectivity index (χ3v) is 6.25. The Kier molecular flexibility index (Phi) is 6.25. The molecule has 0 unspecified atom stereocenters. The summed E-state index contributed by atoms with van der Waals surface area (Å²) >= 11 is 2.71. The first-order valence-electron chi connectivity index (χ1n) is 8.72. The van der Waals surface area contributed by atoms with Gasteiger partial charge in [-0.15, -0.1) is 0 Å². The maximum absolute atomic E-state index is 12.4. The molecule has 0 spiro atoms. The number of primary amides is 1. The zero-order valence-corrected chi connectivity index (χ0v) is 17.6. The number of hydrogen-bond donors (Lipinski definition) is 1. The van der Waals surface area contributed by atoms with Crippen molar-refractivity contribution in [3.63, 3.8) is 0 Å². The zero-order valence-electron chi connectivity index (χ0n) is 15.9. The molecule has 2 amide bonds. The molecule has 0 saturated heterocycles. The van der Waals surface area contributed by atoms with E-state index < -0.39 is 5.91 Å². The summed E-state index contributed by atoms with van der Waals surface area (Å²) in [7, 11) is 1.91. The smallest absolute Gasteiger partial charge is 0.248 e. The molecule has 3 aromatic rings. The molecule has 0 fully saturated rings. The Bertz CT molecular complexity index is 1090. The van der Waals surface area contributed by atoms with Crippen LogP contribution in [0.5, 0.6) is 0 Å². The third kappa shape index (κ3) is 4.66. The van der Waals surface area contributed by atoms with E-state index in [4.69, 9.17) is 5.73 Å². The highest BCUT2D eigenvalue weighted by atomic mass is 32.2. The van der Waals surface area contributed by atoms with Crippen molar-refractivity contribution in [2.24, 2.45) is 17.8 Å². The van der Waals surface area contributed by atoms with Crippen LogP contribution in [0.1, 0.15) is 23.4 Å². The number of hydrogen-bond acceptors (Lipinski definition) is 6. The summed E-state index contributed by atoms with van der Waals surface area (Å²) in [6.07, 6.45) is 0.808. The van der Waals surface area contributed by atoms with E-state index in [1.807, 2.05) is 49.7 Å². The maximum Gasteiger partial charge on any atom is 0.248 e. The quantitative estimate of drug-likeness (QED) is 0.491. The highest BCUT2D eigenvalue weighted by Crippen LogP contribution is 2.19. The fourth-order valence-corrected chi connectivity index (χ4v) is 4.56. The Morgan fingerprint density at radius 2 is 1.89 bits per heavy atom. The van der Waals surface area contributed by atoms with Crippen molar-refractivity contribution in [3.05, 3.63) is 46.0 Å². The fraction of sp³-hybridized carbons (Fsp3) is 0.316. The molecule has 3 rings (SSSR count). The molecule has 0 saturated carbocycles. The van der Waals surface area contributed by atoms with Gasteiger partial charge in [0.2, 0.25) is 11.8 Å². The zero-order chi connectivity index (χ0) is 20.3. The lowest BCUT2D eigenvalue weighted by molar-refractivity contribution is -0.118. The Hall–Kier alpha value is -2.52. The molecule has 0 aliphatic rings. The molecule has 1 aromatic carbocycles. The van der Waals surface area contributed by atoms with Gasteiger partial charge in [-0.1, -0.05) is 35.2 Å². The molecule has 9 heteroatoms. The average Bonchev–Trinajstić information content (AvgIpc) is 2.95. The van der Waals surface area contributed by atoms with Gasteiger partial charge in [0.25, 0.3) is 0 Å². The van der Waals surface area contributed by atoms with E-state index in [0.29, 0.717) is 16.4 Å². The molecule has 0 aliphatic carbocycles. The van der Waals surface area contributed by atoms with Gasteiger partial charge in [-0.25, -0.2) is 9.97 Å². The summed E-state index contributed by atoms with van der Waals surface area (Å²) in [6, 6.07) is 7.97. The predicted molar refractivity (Wildman–Crippen MR) is 111 cm³/mol. The second-order valence-corrected chi connectivity index (χ2v) is 8.28. The fourth-order valence-electron chi connectivity index (χ4n) is 2.85. The van der Waals surface area contributed by atoms with E-state index in [2.05, 4.69) is 15.0 Å². The van der Waals surface area contributed by atoms with Gasteiger partial charge in [-0.2, -0.15) is 4.99 Å². The summed E-state index contributed by atoms with van der Waals surface area (Å²) in [6.45, 7) is 3.76. The minimum atomic E-state index is -0.408. The van der Waals surface area contributed by atoms with E-state index in [-0.39, 0.29) is 18.1 Å². The highest BCUT2D eigenvalue weighted by Gasteiger charge is 2.12. The Balaban J connectivity index is 1.73. The number of fused-ring (bicyclic) bond motifs is 1. The molecule has 0 atom stereocenters. The number of amides is 2. The first-order chi connectivity index (χ1) is 13.3. The predicted octanol–water partition coefficient (Wildman–Crippen LogP) is 2.28. The van der Waals surface area contributed by atoms with E-state index in [0.717, 1.165) is 27.2 Å². The summed E-state index contributed by atoms with van der Waals surface area (Å²) < 4.78 is 3.03. The van der Waals surface area contributed by atoms with E-state index in [1.54, 1.807) is 0 Å². The van der Waals surface area contributed by atoms with E-state index in [1.165, 1.54) is 23.1 Å². The number of para-hydroxylation sites is 1. The van der Waals surface area contributed by atoms with Crippen molar-refractivity contribution in [2.75, 3.05) is 5.75 Å². The summed E-state index contributed by atoms with van der Waals surface area (Å²) in [5.41, 5.74) is 8.77. The van der Waals surface area contributed by atoms with Crippen molar-refractivity contribution in [2.45, 2.75) is 31.8 Å². The van der Waals surface area contributed by atoms with Crippen LogP contribution >= 0.6 is 23.1 Å². The number of benzene rings is 1.